The first-order valence-corrected chi connectivity index (χ1v) is 6.84. The molecular formula is C15H22N2O4. The van der Waals surface area contributed by atoms with Crippen LogP contribution in [0.3, 0.4) is 0 Å². The highest BCUT2D eigenvalue weighted by Crippen LogP contribution is 2.11. The van der Waals surface area contributed by atoms with Gasteiger partial charge in [0.05, 0.1) is 19.5 Å². The number of carbonyl (C=O) groups is 2. The number of aliphatic carboxylic acids is 1. The van der Waals surface area contributed by atoms with E-state index >= 15 is 0 Å². The summed E-state index contributed by atoms with van der Waals surface area (Å²) < 4.78 is 5.52. The van der Waals surface area contributed by atoms with Gasteiger partial charge in [-0.25, -0.2) is 0 Å². The summed E-state index contributed by atoms with van der Waals surface area (Å²) in [5, 5.41) is 11.3. The molecule has 0 aliphatic rings. The lowest BCUT2D eigenvalue weighted by atomic mass is 10.2. The first-order valence-electron chi connectivity index (χ1n) is 6.84. The molecule has 1 aromatic carbocycles. The lowest BCUT2D eigenvalue weighted by Gasteiger charge is -2.15. The summed E-state index contributed by atoms with van der Waals surface area (Å²) in [5.41, 5.74) is 1.12. The molecule has 21 heavy (non-hydrogen) atoms. The zero-order valence-corrected chi connectivity index (χ0v) is 12.5. The van der Waals surface area contributed by atoms with Crippen molar-refractivity contribution >= 4 is 11.9 Å². The molecule has 0 saturated heterocycles. The molecule has 0 unspecified atom stereocenters. The van der Waals surface area contributed by atoms with E-state index in [1.165, 1.54) is 0 Å². The maximum atomic E-state index is 11.6. The molecule has 0 spiro atoms. The quantitative estimate of drug-likeness (QED) is 0.662. The van der Waals surface area contributed by atoms with Crippen LogP contribution >= 0.6 is 0 Å². The summed E-state index contributed by atoms with van der Waals surface area (Å²) in [6.07, 6.45) is 0.0280. The van der Waals surface area contributed by atoms with Crippen LogP contribution in [0.2, 0.25) is 0 Å². The minimum absolute atomic E-state index is 0.0280. The van der Waals surface area contributed by atoms with E-state index < -0.39 is 5.97 Å². The number of nitrogens with zero attached hydrogens (tertiary/aromatic N) is 1. The SMILES string of the molecule is Cc1cccc(OCCNC(=O)CN(C)CCC(=O)O)c1. The van der Waals surface area contributed by atoms with Crippen LogP contribution in [0.4, 0.5) is 0 Å². The molecule has 0 heterocycles. The Kier molecular flexibility index (Phi) is 7.25. The predicted octanol–water partition coefficient (Wildman–Crippen LogP) is 0.897. The Labute approximate surface area is 124 Å². The Hall–Kier alpha value is -2.08. The van der Waals surface area contributed by atoms with Crippen LogP contribution in [0, 0.1) is 6.92 Å². The van der Waals surface area contributed by atoms with Crippen LogP contribution in [0.15, 0.2) is 24.3 Å². The summed E-state index contributed by atoms with van der Waals surface area (Å²) >= 11 is 0. The summed E-state index contributed by atoms with van der Waals surface area (Å²) in [6.45, 7) is 3.33. The minimum Gasteiger partial charge on any atom is -0.492 e. The number of benzene rings is 1. The summed E-state index contributed by atoms with van der Waals surface area (Å²) in [6, 6.07) is 7.71. The third-order valence-electron chi connectivity index (χ3n) is 2.80. The van der Waals surface area contributed by atoms with E-state index in [9.17, 15) is 9.59 Å². The Morgan fingerprint density at radius 2 is 2.14 bits per heavy atom. The molecule has 0 radical (unpaired) electrons. The number of carboxylic acid groups (broad SMARTS) is 1. The number of aryl methyl sites for hydroxylation is 1. The second-order valence-electron chi connectivity index (χ2n) is 4.90. The number of carbonyl (C=O) groups excluding carboxylic acids is 1. The van der Waals surface area contributed by atoms with E-state index in [4.69, 9.17) is 9.84 Å². The normalized spacial score (nSPS) is 10.4. The van der Waals surface area contributed by atoms with Gasteiger partial charge in [0.15, 0.2) is 0 Å². The molecule has 0 aromatic heterocycles. The largest absolute Gasteiger partial charge is 0.492 e. The van der Waals surface area contributed by atoms with Crippen molar-refractivity contribution in [3.8, 4) is 5.75 Å². The second-order valence-corrected chi connectivity index (χ2v) is 4.90. The van der Waals surface area contributed by atoms with Crippen molar-refractivity contribution in [2.45, 2.75) is 13.3 Å². The molecule has 6 heteroatoms. The number of ether oxygens (including phenoxy) is 1. The summed E-state index contributed by atoms with van der Waals surface area (Å²) in [5.74, 6) is -0.229. The molecule has 0 atom stereocenters. The van der Waals surface area contributed by atoms with Gasteiger partial charge in [0.1, 0.15) is 12.4 Å². The molecule has 1 rings (SSSR count). The Balaban J connectivity index is 2.14. The van der Waals surface area contributed by atoms with E-state index in [1.807, 2.05) is 31.2 Å². The average Bonchev–Trinajstić information content (AvgIpc) is 2.41. The van der Waals surface area contributed by atoms with Gasteiger partial charge in [0.25, 0.3) is 0 Å². The zero-order chi connectivity index (χ0) is 15.7. The number of rotatable bonds is 9. The highest BCUT2D eigenvalue weighted by Gasteiger charge is 2.07. The first-order chi connectivity index (χ1) is 9.97. The van der Waals surface area contributed by atoms with Gasteiger partial charge >= 0.3 is 5.97 Å². The van der Waals surface area contributed by atoms with Crippen LogP contribution < -0.4 is 10.1 Å². The van der Waals surface area contributed by atoms with Crippen LogP contribution in [0.5, 0.6) is 5.75 Å². The number of nitrogens with one attached hydrogen (secondary N) is 1. The molecular weight excluding hydrogens is 272 g/mol. The fourth-order valence-electron chi connectivity index (χ4n) is 1.73. The third-order valence-corrected chi connectivity index (χ3v) is 2.80. The maximum Gasteiger partial charge on any atom is 0.304 e. The highest BCUT2D eigenvalue weighted by molar-refractivity contribution is 5.78. The molecule has 0 saturated carbocycles. The molecule has 0 bridgehead atoms. The highest BCUT2D eigenvalue weighted by atomic mass is 16.5. The van der Waals surface area contributed by atoms with E-state index in [-0.39, 0.29) is 18.9 Å². The number of hydrogen-bond acceptors (Lipinski definition) is 4. The van der Waals surface area contributed by atoms with Crippen LogP contribution in [-0.4, -0.2) is 55.2 Å². The van der Waals surface area contributed by atoms with Crippen molar-refractivity contribution < 1.29 is 19.4 Å². The van der Waals surface area contributed by atoms with Crippen LogP contribution in [0.25, 0.3) is 0 Å². The van der Waals surface area contributed by atoms with Gasteiger partial charge in [-0.3, -0.25) is 14.5 Å². The van der Waals surface area contributed by atoms with Gasteiger partial charge in [0.2, 0.25) is 5.91 Å². The Morgan fingerprint density at radius 3 is 2.81 bits per heavy atom. The van der Waals surface area contributed by atoms with Gasteiger partial charge in [-0.1, -0.05) is 12.1 Å². The van der Waals surface area contributed by atoms with Gasteiger partial charge in [0, 0.05) is 6.54 Å². The van der Waals surface area contributed by atoms with Gasteiger partial charge in [-0.15, -0.1) is 0 Å². The first kappa shape index (κ1) is 17.0. The van der Waals surface area contributed by atoms with Gasteiger partial charge in [-0.05, 0) is 31.7 Å². The molecule has 6 nitrogen and oxygen atoms in total. The lowest BCUT2D eigenvalue weighted by molar-refractivity contribution is -0.137. The predicted molar refractivity (Wildman–Crippen MR) is 79.4 cm³/mol. The van der Waals surface area contributed by atoms with E-state index in [1.54, 1.807) is 11.9 Å². The van der Waals surface area contributed by atoms with Crippen molar-refractivity contribution in [2.75, 3.05) is 33.3 Å². The minimum atomic E-state index is -0.867. The molecule has 116 valence electrons. The van der Waals surface area contributed by atoms with Crippen LogP contribution in [-0.2, 0) is 9.59 Å². The van der Waals surface area contributed by atoms with E-state index in [0.29, 0.717) is 19.7 Å². The van der Waals surface area contributed by atoms with Gasteiger partial charge in [-0.2, -0.15) is 0 Å². The van der Waals surface area contributed by atoms with Crippen molar-refractivity contribution in [3.05, 3.63) is 29.8 Å². The summed E-state index contributed by atoms with van der Waals surface area (Å²) in [7, 11) is 1.71. The van der Waals surface area contributed by atoms with Crippen molar-refractivity contribution in [3.63, 3.8) is 0 Å². The Bertz CT molecular complexity index is 476. The lowest BCUT2D eigenvalue weighted by Crippen LogP contribution is -2.37. The Morgan fingerprint density at radius 1 is 1.38 bits per heavy atom. The zero-order valence-electron chi connectivity index (χ0n) is 12.5. The average molecular weight is 294 g/mol. The number of carboxylic acids is 1. The molecule has 0 aliphatic heterocycles. The topological polar surface area (TPSA) is 78.9 Å². The standard InChI is InChI=1S/C15H22N2O4/c1-12-4-3-5-13(10-12)21-9-7-16-14(18)11-17(2)8-6-15(19)20/h3-5,10H,6-9,11H2,1-2H3,(H,16,18)(H,19,20). The van der Waals surface area contributed by atoms with E-state index in [0.717, 1.165) is 11.3 Å². The monoisotopic (exact) mass is 294 g/mol. The second kappa shape index (κ2) is 8.97. The number of amides is 1. The maximum absolute atomic E-state index is 11.6. The van der Waals surface area contributed by atoms with Gasteiger partial charge < -0.3 is 15.2 Å². The summed E-state index contributed by atoms with van der Waals surface area (Å²) in [4.78, 5) is 23.7. The molecule has 1 amide bonds. The number of hydrogen-bond donors (Lipinski definition) is 2. The fraction of sp³-hybridized carbons (Fsp3) is 0.467. The van der Waals surface area contributed by atoms with Crippen molar-refractivity contribution in [1.29, 1.82) is 0 Å². The van der Waals surface area contributed by atoms with Crippen molar-refractivity contribution in [2.24, 2.45) is 0 Å². The smallest absolute Gasteiger partial charge is 0.304 e. The number of likely N-dealkylation sites (N-methyl/N-ethyl adjacent to an activating group) is 1. The fourth-order valence-corrected chi connectivity index (χ4v) is 1.73. The van der Waals surface area contributed by atoms with Crippen LogP contribution in [0.1, 0.15) is 12.0 Å². The molecule has 0 aliphatic carbocycles. The van der Waals surface area contributed by atoms with Crippen molar-refractivity contribution in [1.82, 2.24) is 10.2 Å². The molecule has 1 aromatic rings. The molecule has 2 N–H and O–H groups in total. The third kappa shape index (κ3) is 7.94. The molecule has 0 fully saturated rings. The van der Waals surface area contributed by atoms with E-state index in [2.05, 4.69) is 5.32 Å².